The maximum Gasteiger partial charge on any atom is 0.446 e. The number of thioether (sulfide) groups is 1. The summed E-state index contributed by atoms with van der Waals surface area (Å²) in [4.78, 5) is 12.0. The molecular weight excluding hydrogens is 365 g/mol. The Morgan fingerprint density at radius 3 is 3.00 bits per heavy atom. The average molecular weight is 374 g/mol. The van der Waals surface area contributed by atoms with Crippen LogP contribution in [0.15, 0.2) is 32.5 Å². The molecule has 0 aliphatic heterocycles. The van der Waals surface area contributed by atoms with Crippen molar-refractivity contribution in [2.75, 3.05) is 12.3 Å². The van der Waals surface area contributed by atoms with Gasteiger partial charge in [-0.3, -0.25) is 4.52 Å². The van der Waals surface area contributed by atoms with Gasteiger partial charge in [-0.1, -0.05) is 16.8 Å². The Balaban J connectivity index is 2.11. The summed E-state index contributed by atoms with van der Waals surface area (Å²) in [5.74, 6) is -0.504. The first-order valence-corrected chi connectivity index (χ1v) is 8.41. The molecule has 120 valence electrons. The molecule has 0 aliphatic carbocycles. The third kappa shape index (κ3) is 3.15. The van der Waals surface area contributed by atoms with Gasteiger partial charge in [-0.2, -0.15) is 8.75 Å². The molecule has 7 nitrogen and oxygen atoms in total. The van der Waals surface area contributed by atoms with Crippen molar-refractivity contribution in [3.63, 3.8) is 0 Å². The Bertz CT molecular complexity index is 894. The van der Waals surface area contributed by atoms with Gasteiger partial charge in [0, 0.05) is 12.3 Å². The predicted octanol–water partition coefficient (Wildman–Crippen LogP) is 2.19. The van der Waals surface area contributed by atoms with Crippen LogP contribution in [0.3, 0.4) is 0 Å². The van der Waals surface area contributed by atoms with E-state index in [9.17, 15) is 9.18 Å². The number of rotatable bonds is 5. The molecule has 23 heavy (non-hydrogen) atoms. The van der Waals surface area contributed by atoms with Crippen molar-refractivity contribution in [1.82, 2.24) is 18.5 Å². The fraction of sp³-hybridized carbons (Fsp3) is 0.167. The Hall–Kier alpha value is -1.75. The van der Waals surface area contributed by atoms with Crippen LogP contribution < -0.4 is 11.5 Å². The number of nitrogens with zero attached hydrogens (tertiary/aromatic N) is 4. The van der Waals surface area contributed by atoms with E-state index >= 15 is 0 Å². The maximum absolute atomic E-state index is 13.3. The van der Waals surface area contributed by atoms with Crippen molar-refractivity contribution in [3.05, 3.63) is 39.6 Å². The van der Waals surface area contributed by atoms with Crippen molar-refractivity contribution in [3.8, 4) is 17.2 Å². The predicted molar refractivity (Wildman–Crippen MR) is 85.7 cm³/mol. The molecule has 0 unspecified atom stereocenters. The van der Waals surface area contributed by atoms with Gasteiger partial charge in [-0.15, -0.1) is 11.8 Å². The molecule has 0 spiro atoms. The number of hydrogen-bond acceptors (Lipinski definition) is 8. The Kier molecular flexibility index (Phi) is 4.76. The lowest BCUT2D eigenvalue weighted by Gasteiger charge is -2.04. The highest BCUT2D eigenvalue weighted by Gasteiger charge is 2.22. The summed E-state index contributed by atoms with van der Waals surface area (Å²) >= 11 is 8.16. The first kappa shape index (κ1) is 16.1. The van der Waals surface area contributed by atoms with Crippen LogP contribution in [0, 0.1) is 5.82 Å². The second-order valence-electron chi connectivity index (χ2n) is 4.26. The normalized spacial score (nSPS) is 11.1. The van der Waals surface area contributed by atoms with Gasteiger partial charge in [0.1, 0.15) is 10.8 Å². The van der Waals surface area contributed by atoms with Gasteiger partial charge in [0.25, 0.3) is 0 Å². The minimum atomic E-state index is -0.731. The second-order valence-corrected chi connectivity index (χ2v) is 6.28. The van der Waals surface area contributed by atoms with E-state index in [2.05, 4.69) is 13.9 Å². The standard InChI is InChI=1S/C12H9ClFN5O2S2/c13-7-5-6(1-2-8(7)14)19-10(16-21-12(19)20)9-11(18-23-17-9)22-4-3-15/h1-2,5H,3-4,15H2. The van der Waals surface area contributed by atoms with Crippen LogP contribution in [0.2, 0.25) is 5.02 Å². The van der Waals surface area contributed by atoms with Gasteiger partial charge in [0.2, 0.25) is 5.82 Å². The monoisotopic (exact) mass is 373 g/mol. The lowest BCUT2D eigenvalue weighted by Crippen LogP contribution is -2.13. The van der Waals surface area contributed by atoms with E-state index < -0.39 is 11.6 Å². The summed E-state index contributed by atoms with van der Waals surface area (Å²) in [6.07, 6.45) is 0. The first-order valence-electron chi connectivity index (χ1n) is 6.31. The summed E-state index contributed by atoms with van der Waals surface area (Å²) in [5.41, 5.74) is 6.21. The van der Waals surface area contributed by atoms with Crippen LogP contribution in [0.4, 0.5) is 4.39 Å². The van der Waals surface area contributed by atoms with E-state index in [1.165, 1.54) is 23.9 Å². The van der Waals surface area contributed by atoms with E-state index in [0.717, 1.165) is 22.4 Å². The highest BCUT2D eigenvalue weighted by molar-refractivity contribution is 7.99. The van der Waals surface area contributed by atoms with E-state index in [0.29, 0.717) is 28.7 Å². The average Bonchev–Trinajstić information content (AvgIpc) is 3.14. The van der Waals surface area contributed by atoms with Crippen molar-refractivity contribution in [2.24, 2.45) is 5.73 Å². The van der Waals surface area contributed by atoms with E-state index in [4.69, 9.17) is 21.9 Å². The Morgan fingerprint density at radius 2 is 2.26 bits per heavy atom. The molecule has 3 rings (SSSR count). The van der Waals surface area contributed by atoms with Crippen molar-refractivity contribution >= 4 is 35.1 Å². The molecule has 0 saturated carbocycles. The molecule has 0 bridgehead atoms. The molecule has 0 atom stereocenters. The summed E-state index contributed by atoms with van der Waals surface area (Å²) in [6.45, 7) is 0.473. The van der Waals surface area contributed by atoms with Gasteiger partial charge >= 0.3 is 5.76 Å². The number of hydrogen-bond donors (Lipinski definition) is 1. The smallest absolute Gasteiger partial charge is 0.330 e. The zero-order chi connectivity index (χ0) is 16.4. The minimum absolute atomic E-state index is 0.115. The molecule has 0 fully saturated rings. The van der Waals surface area contributed by atoms with Gasteiger partial charge in [-0.05, 0) is 18.2 Å². The van der Waals surface area contributed by atoms with Crippen LogP contribution in [0.25, 0.3) is 17.2 Å². The largest absolute Gasteiger partial charge is 0.446 e. The molecule has 0 saturated heterocycles. The topological polar surface area (TPSA) is 99.8 Å². The molecule has 1 aromatic carbocycles. The molecule has 2 heterocycles. The zero-order valence-electron chi connectivity index (χ0n) is 11.4. The lowest BCUT2D eigenvalue weighted by molar-refractivity contribution is 0.383. The molecule has 2 aromatic heterocycles. The third-order valence-corrected chi connectivity index (χ3v) is 4.72. The first-order chi connectivity index (χ1) is 11.1. The maximum atomic E-state index is 13.3. The van der Waals surface area contributed by atoms with Crippen LogP contribution in [-0.2, 0) is 0 Å². The highest BCUT2D eigenvalue weighted by atomic mass is 35.5. The van der Waals surface area contributed by atoms with Crippen molar-refractivity contribution < 1.29 is 8.91 Å². The van der Waals surface area contributed by atoms with Crippen LogP contribution in [0.5, 0.6) is 0 Å². The van der Waals surface area contributed by atoms with Gasteiger partial charge in [0.15, 0.2) is 5.69 Å². The molecular formula is C12H9ClFN5O2S2. The number of halogens is 2. The Labute approximate surface area is 142 Å². The van der Waals surface area contributed by atoms with Gasteiger partial charge < -0.3 is 5.73 Å². The SMILES string of the molecule is NCCSc1nsnc1-c1noc(=O)n1-c1ccc(F)c(Cl)c1. The molecule has 0 amide bonds. The molecule has 11 heteroatoms. The summed E-state index contributed by atoms with van der Waals surface area (Å²) < 4.78 is 27.5. The second kappa shape index (κ2) is 6.79. The lowest BCUT2D eigenvalue weighted by atomic mass is 10.3. The van der Waals surface area contributed by atoms with E-state index in [-0.39, 0.29) is 10.8 Å². The number of benzene rings is 1. The molecule has 2 N–H and O–H groups in total. The Morgan fingerprint density at radius 1 is 1.43 bits per heavy atom. The third-order valence-electron chi connectivity index (χ3n) is 2.79. The van der Waals surface area contributed by atoms with Crippen molar-refractivity contribution in [1.29, 1.82) is 0 Å². The van der Waals surface area contributed by atoms with Crippen LogP contribution in [-0.4, -0.2) is 30.8 Å². The summed E-state index contributed by atoms with van der Waals surface area (Å²) in [6, 6.07) is 3.87. The molecule has 0 radical (unpaired) electrons. The zero-order valence-corrected chi connectivity index (χ0v) is 13.8. The van der Waals surface area contributed by atoms with E-state index in [1.807, 2.05) is 0 Å². The molecule has 3 aromatic rings. The minimum Gasteiger partial charge on any atom is -0.330 e. The van der Waals surface area contributed by atoms with Crippen LogP contribution in [0.1, 0.15) is 0 Å². The van der Waals surface area contributed by atoms with Gasteiger partial charge in [-0.25, -0.2) is 13.8 Å². The molecule has 0 aliphatic rings. The highest BCUT2D eigenvalue weighted by Crippen LogP contribution is 2.29. The number of aromatic nitrogens is 4. The van der Waals surface area contributed by atoms with Crippen LogP contribution >= 0.6 is 35.1 Å². The van der Waals surface area contributed by atoms with Gasteiger partial charge in [0.05, 0.1) is 22.4 Å². The quantitative estimate of drug-likeness (QED) is 0.684. The van der Waals surface area contributed by atoms with E-state index in [1.54, 1.807) is 0 Å². The fourth-order valence-electron chi connectivity index (χ4n) is 1.82. The fourth-order valence-corrected chi connectivity index (χ4v) is 3.40. The van der Waals surface area contributed by atoms with Crippen molar-refractivity contribution in [2.45, 2.75) is 5.03 Å². The summed E-state index contributed by atoms with van der Waals surface area (Å²) in [7, 11) is 0. The summed E-state index contributed by atoms with van der Waals surface area (Å²) in [5, 5.41) is 4.23. The number of nitrogens with two attached hydrogens (primary N) is 1.